The van der Waals surface area contributed by atoms with E-state index < -0.39 is 10.0 Å². The van der Waals surface area contributed by atoms with Crippen LogP contribution in [0.25, 0.3) is 10.8 Å². The summed E-state index contributed by atoms with van der Waals surface area (Å²) in [5.41, 5.74) is 0.294. The van der Waals surface area contributed by atoms with Crippen LogP contribution >= 0.6 is 23.4 Å². The van der Waals surface area contributed by atoms with Crippen LogP contribution in [-0.2, 0) is 10.0 Å². The fourth-order valence-electron chi connectivity index (χ4n) is 2.81. The van der Waals surface area contributed by atoms with Crippen LogP contribution in [0.1, 0.15) is 6.92 Å². The molecule has 3 rings (SSSR count). The molecule has 0 amide bonds. The molecule has 3 aromatic carbocycles. The van der Waals surface area contributed by atoms with E-state index in [2.05, 4.69) is 11.3 Å². The lowest BCUT2D eigenvalue weighted by atomic mass is 10.1. The molecule has 9 heteroatoms. The number of phenolic OH excluding ortho intramolecular Hbond substituents is 1. The Morgan fingerprint density at radius 3 is 2.57 bits per heavy atom. The van der Waals surface area contributed by atoms with E-state index in [0.29, 0.717) is 33.0 Å². The molecule has 0 fully saturated rings. The topological polar surface area (TPSA) is 95.9 Å². The van der Waals surface area contributed by atoms with Crippen molar-refractivity contribution < 1.29 is 23.4 Å². The summed E-state index contributed by atoms with van der Waals surface area (Å²) in [7, 11) is -3.97. The van der Waals surface area contributed by atoms with Gasteiger partial charge in [0.15, 0.2) is 0 Å². The first-order valence-electron chi connectivity index (χ1n) is 8.92. The minimum atomic E-state index is -3.97. The average Bonchev–Trinajstić information content (AvgIpc) is 2.70. The van der Waals surface area contributed by atoms with E-state index >= 15 is 0 Å². The maximum absolute atomic E-state index is 13.0. The number of halogens is 1. The quantitative estimate of drug-likeness (QED) is 0.229. The maximum atomic E-state index is 13.0. The number of fused-ring (bicyclic) bond motifs is 1. The van der Waals surface area contributed by atoms with E-state index in [1.165, 1.54) is 24.3 Å². The largest absolute Gasteiger partial charge is 0.512 e. The van der Waals surface area contributed by atoms with Crippen molar-refractivity contribution in [2.45, 2.75) is 16.7 Å². The van der Waals surface area contributed by atoms with Gasteiger partial charge in [0.25, 0.3) is 10.0 Å². The molecule has 0 atom stereocenters. The number of benzene rings is 3. The Bertz CT molecular complexity index is 1210. The Morgan fingerprint density at radius 2 is 1.90 bits per heavy atom. The molecule has 30 heavy (non-hydrogen) atoms. The second-order valence-corrected chi connectivity index (χ2v) is 9.41. The van der Waals surface area contributed by atoms with Gasteiger partial charge >= 0.3 is 0 Å². The standard InChI is InChI=1S/C21H20ClNO5S2/c1-3-28-19-10-14(8-9-17(19)22)30(26,27)23-18-11-20(29-12-13(2)24)21(25)16-7-5-4-6-15(16)18/h4-11,23-25H,2-3,12H2,1H3. The Kier molecular flexibility index (Phi) is 6.70. The zero-order valence-electron chi connectivity index (χ0n) is 16.1. The SMILES string of the molecule is C=C(O)CSc1cc(NS(=O)(=O)c2ccc(Cl)c(OCC)c2)c2ccccc2c1O. The number of aromatic hydroxyl groups is 1. The highest BCUT2D eigenvalue weighted by atomic mass is 35.5. The molecule has 0 aromatic heterocycles. The number of anilines is 1. The Labute approximate surface area is 184 Å². The highest BCUT2D eigenvalue weighted by Crippen LogP contribution is 2.41. The van der Waals surface area contributed by atoms with Crippen LogP contribution in [0.5, 0.6) is 11.5 Å². The summed E-state index contributed by atoms with van der Waals surface area (Å²) < 4.78 is 34.1. The van der Waals surface area contributed by atoms with Crippen molar-refractivity contribution in [1.29, 1.82) is 0 Å². The van der Waals surface area contributed by atoms with Gasteiger partial charge in [-0.3, -0.25) is 4.72 Å². The van der Waals surface area contributed by atoms with Crippen molar-refractivity contribution in [2.75, 3.05) is 17.1 Å². The van der Waals surface area contributed by atoms with Gasteiger partial charge in [0.05, 0.1) is 38.6 Å². The summed E-state index contributed by atoms with van der Waals surface area (Å²) in [6.07, 6.45) is 0. The number of rotatable bonds is 8. The van der Waals surface area contributed by atoms with Crippen molar-refractivity contribution in [3.05, 3.63) is 65.9 Å². The van der Waals surface area contributed by atoms with Gasteiger partial charge in [0, 0.05) is 16.8 Å². The highest BCUT2D eigenvalue weighted by molar-refractivity contribution is 7.99. The summed E-state index contributed by atoms with van der Waals surface area (Å²) >= 11 is 7.21. The van der Waals surface area contributed by atoms with Crippen LogP contribution < -0.4 is 9.46 Å². The predicted octanol–water partition coefficient (Wildman–Crippen LogP) is 5.56. The van der Waals surface area contributed by atoms with E-state index in [1.807, 2.05) is 0 Å². The molecule has 0 saturated heterocycles. The predicted molar refractivity (Wildman–Crippen MR) is 122 cm³/mol. The number of nitrogens with one attached hydrogen (secondary N) is 1. The summed E-state index contributed by atoms with van der Waals surface area (Å²) in [6.45, 7) is 5.55. The molecule has 0 radical (unpaired) electrons. The molecular formula is C21H20ClNO5S2. The number of hydrogen-bond donors (Lipinski definition) is 3. The van der Waals surface area contributed by atoms with Crippen molar-refractivity contribution in [3.8, 4) is 11.5 Å². The van der Waals surface area contributed by atoms with Crippen LogP contribution in [0.3, 0.4) is 0 Å². The second kappa shape index (κ2) is 9.07. The first-order valence-corrected chi connectivity index (χ1v) is 11.8. The normalized spacial score (nSPS) is 11.4. The van der Waals surface area contributed by atoms with Gasteiger partial charge in [-0.25, -0.2) is 8.42 Å². The molecule has 0 saturated carbocycles. The smallest absolute Gasteiger partial charge is 0.262 e. The molecule has 6 nitrogen and oxygen atoms in total. The van der Waals surface area contributed by atoms with Gasteiger partial charge in [0.1, 0.15) is 11.5 Å². The fraction of sp³-hybridized carbons (Fsp3) is 0.143. The molecule has 0 bridgehead atoms. The van der Waals surface area contributed by atoms with Crippen LogP contribution in [0.4, 0.5) is 5.69 Å². The molecule has 0 aliphatic rings. The van der Waals surface area contributed by atoms with E-state index in [0.717, 1.165) is 11.8 Å². The lowest BCUT2D eigenvalue weighted by Crippen LogP contribution is -2.13. The lowest BCUT2D eigenvalue weighted by Gasteiger charge is -2.15. The Hall–Kier alpha value is -2.55. The molecular weight excluding hydrogens is 446 g/mol. The monoisotopic (exact) mass is 465 g/mol. The lowest BCUT2D eigenvalue weighted by molar-refractivity contribution is 0.339. The minimum Gasteiger partial charge on any atom is -0.512 e. The van der Waals surface area contributed by atoms with E-state index in [9.17, 15) is 18.6 Å². The minimum absolute atomic E-state index is 0.00456. The number of sulfonamides is 1. The number of ether oxygens (including phenoxy) is 1. The third-order valence-electron chi connectivity index (χ3n) is 4.13. The molecule has 0 spiro atoms. The van der Waals surface area contributed by atoms with Crippen molar-refractivity contribution in [1.82, 2.24) is 0 Å². The molecule has 158 valence electrons. The van der Waals surface area contributed by atoms with Crippen molar-refractivity contribution >= 4 is 49.8 Å². The molecule has 0 aliphatic heterocycles. The van der Waals surface area contributed by atoms with E-state index in [-0.39, 0.29) is 27.9 Å². The van der Waals surface area contributed by atoms with Gasteiger partial charge < -0.3 is 14.9 Å². The number of thioether (sulfide) groups is 1. The number of aliphatic hydroxyl groups is 1. The van der Waals surface area contributed by atoms with E-state index in [1.54, 1.807) is 31.2 Å². The van der Waals surface area contributed by atoms with Crippen molar-refractivity contribution in [2.24, 2.45) is 0 Å². The van der Waals surface area contributed by atoms with Gasteiger partial charge in [-0.2, -0.15) is 0 Å². The number of aliphatic hydroxyl groups excluding tert-OH is 1. The third kappa shape index (κ3) is 4.77. The zero-order chi connectivity index (χ0) is 21.9. The van der Waals surface area contributed by atoms with Gasteiger partial charge in [-0.1, -0.05) is 42.4 Å². The Morgan fingerprint density at radius 1 is 1.20 bits per heavy atom. The zero-order valence-corrected chi connectivity index (χ0v) is 18.4. The number of phenols is 1. The highest BCUT2D eigenvalue weighted by Gasteiger charge is 2.20. The van der Waals surface area contributed by atoms with Gasteiger partial charge in [-0.15, -0.1) is 11.8 Å². The van der Waals surface area contributed by atoms with Gasteiger partial charge in [0.2, 0.25) is 0 Å². The fourth-order valence-corrected chi connectivity index (χ4v) is 4.84. The van der Waals surface area contributed by atoms with Crippen LogP contribution in [0, 0.1) is 0 Å². The van der Waals surface area contributed by atoms with Crippen LogP contribution in [0.15, 0.2) is 70.7 Å². The van der Waals surface area contributed by atoms with Gasteiger partial charge in [-0.05, 0) is 25.1 Å². The van der Waals surface area contributed by atoms with Crippen LogP contribution in [0.2, 0.25) is 5.02 Å². The second-order valence-electron chi connectivity index (χ2n) is 6.30. The first kappa shape index (κ1) is 22.1. The molecule has 0 unspecified atom stereocenters. The summed E-state index contributed by atoms with van der Waals surface area (Å²) in [4.78, 5) is 0.401. The molecule has 0 aliphatic carbocycles. The third-order valence-corrected chi connectivity index (χ3v) is 6.91. The Balaban J connectivity index is 2.07. The molecule has 3 aromatic rings. The summed E-state index contributed by atoms with van der Waals surface area (Å²) in [5, 5.41) is 21.3. The maximum Gasteiger partial charge on any atom is 0.262 e. The van der Waals surface area contributed by atoms with Crippen LogP contribution in [-0.4, -0.2) is 31.0 Å². The molecule has 0 heterocycles. The van der Waals surface area contributed by atoms with E-state index in [4.69, 9.17) is 16.3 Å². The first-order chi connectivity index (χ1) is 14.2. The number of hydrogen-bond acceptors (Lipinski definition) is 6. The summed E-state index contributed by atoms with van der Waals surface area (Å²) in [6, 6.07) is 12.6. The van der Waals surface area contributed by atoms with Crippen molar-refractivity contribution in [3.63, 3.8) is 0 Å². The molecule has 3 N–H and O–H groups in total. The average molecular weight is 466 g/mol. The summed E-state index contributed by atoms with van der Waals surface area (Å²) in [5.74, 6) is 0.382.